The third-order valence-corrected chi connectivity index (χ3v) is 4.38. The molecule has 0 aliphatic carbocycles. The van der Waals surface area contributed by atoms with Gasteiger partial charge < -0.3 is 20.4 Å². The minimum absolute atomic E-state index is 0.121. The molecule has 1 aliphatic rings. The summed E-state index contributed by atoms with van der Waals surface area (Å²) >= 11 is 0. The summed E-state index contributed by atoms with van der Waals surface area (Å²) in [6.45, 7) is 4.67. The molecule has 2 aromatic heterocycles. The van der Waals surface area contributed by atoms with Gasteiger partial charge >= 0.3 is 0 Å². The molecule has 1 fully saturated rings. The van der Waals surface area contributed by atoms with Crippen molar-refractivity contribution in [2.45, 2.75) is 0 Å². The van der Waals surface area contributed by atoms with Gasteiger partial charge in [-0.2, -0.15) is 0 Å². The Balaban J connectivity index is 1.40. The van der Waals surface area contributed by atoms with E-state index in [9.17, 15) is 4.79 Å². The lowest BCUT2D eigenvalue weighted by Crippen LogP contribution is -2.53. The van der Waals surface area contributed by atoms with Crippen LogP contribution in [0.1, 0.15) is 10.4 Å². The van der Waals surface area contributed by atoms with E-state index in [2.05, 4.69) is 35.4 Å². The smallest absolute Gasteiger partial charge is 0.252 e. The zero-order valence-corrected chi connectivity index (χ0v) is 15.5. The standard InChI is InChI=1S/C19H25N7O/c1-20-19(24-10-9-23-18(27)16-5-4-7-21-15-16)26-13-11-25(12-14-26)17-6-2-3-8-22-17/h2-8,15H,9-14H2,1H3,(H,20,24)(H,23,27). The third kappa shape index (κ3) is 5.16. The number of carbonyl (C=O) groups is 1. The van der Waals surface area contributed by atoms with Crippen molar-refractivity contribution in [2.75, 3.05) is 51.2 Å². The molecular weight excluding hydrogens is 342 g/mol. The summed E-state index contributed by atoms with van der Waals surface area (Å²) in [7, 11) is 1.78. The van der Waals surface area contributed by atoms with Crippen LogP contribution >= 0.6 is 0 Å². The number of guanidine groups is 1. The van der Waals surface area contributed by atoms with Crippen molar-refractivity contribution in [3.8, 4) is 0 Å². The molecule has 1 aliphatic heterocycles. The molecule has 0 saturated carbocycles. The van der Waals surface area contributed by atoms with Crippen LogP contribution in [0.5, 0.6) is 0 Å². The first-order chi connectivity index (χ1) is 13.3. The number of pyridine rings is 2. The highest BCUT2D eigenvalue weighted by molar-refractivity contribution is 5.93. The van der Waals surface area contributed by atoms with Crippen molar-refractivity contribution in [1.82, 2.24) is 25.5 Å². The molecule has 8 nitrogen and oxygen atoms in total. The largest absolute Gasteiger partial charge is 0.354 e. The van der Waals surface area contributed by atoms with E-state index in [1.54, 1.807) is 31.6 Å². The lowest BCUT2D eigenvalue weighted by atomic mass is 10.3. The Labute approximate surface area is 159 Å². The molecule has 0 radical (unpaired) electrons. The SMILES string of the molecule is CN=C(NCCNC(=O)c1cccnc1)N1CCN(c2ccccn2)CC1. The molecule has 0 atom stereocenters. The first-order valence-electron chi connectivity index (χ1n) is 9.08. The number of hydrogen-bond acceptors (Lipinski definition) is 5. The summed E-state index contributed by atoms with van der Waals surface area (Å²) in [5.74, 6) is 1.74. The lowest BCUT2D eigenvalue weighted by molar-refractivity contribution is 0.0954. The maximum Gasteiger partial charge on any atom is 0.252 e. The van der Waals surface area contributed by atoms with E-state index < -0.39 is 0 Å². The Morgan fingerprint density at radius 2 is 1.89 bits per heavy atom. The lowest BCUT2D eigenvalue weighted by Gasteiger charge is -2.37. The molecule has 1 amide bonds. The van der Waals surface area contributed by atoms with Crippen molar-refractivity contribution >= 4 is 17.7 Å². The summed E-state index contributed by atoms with van der Waals surface area (Å²) in [4.78, 5) is 29.2. The van der Waals surface area contributed by atoms with E-state index in [-0.39, 0.29) is 5.91 Å². The van der Waals surface area contributed by atoms with Gasteiger partial charge in [0.05, 0.1) is 5.56 Å². The summed E-state index contributed by atoms with van der Waals surface area (Å²) in [5, 5.41) is 6.19. The van der Waals surface area contributed by atoms with Gasteiger partial charge in [-0.25, -0.2) is 4.98 Å². The van der Waals surface area contributed by atoms with Gasteiger partial charge in [-0.3, -0.25) is 14.8 Å². The summed E-state index contributed by atoms with van der Waals surface area (Å²) in [6, 6.07) is 9.47. The fraction of sp³-hybridized carbons (Fsp3) is 0.368. The predicted molar refractivity (Wildman–Crippen MR) is 106 cm³/mol. The predicted octanol–water partition coefficient (Wildman–Crippen LogP) is 0.604. The number of aromatic nitrogens is 2. The van der Waals surface area contributed by atoms with Gasteiger partial charge in [0.2, 0.25) is 0 Å². The van der Waals surface area contributed by atoms with E-state index in [0.717, 1.165) is 38.0 Å². The second kappa shape index (κ2) is 9.51. The molecule has 2 N–H and O–H groups in total. The van der Waals surface area contributed by atoms with E-state index in [0.29, 0.717) is 18.7 Å². The maximum absolute atomic E-state index is 12.0. The number of piperazine rings is 1. The van der Waals surface area contributed by atoms with E-state index in [1.807, 2.05) is 24.4 Å². The highest BCUT2D eigenvalue weighted by Gasteiger charge is 2.20. The first-order valence-corrected chi connectivity index (χ1v) is 9.08. The van der Waals surface area contributed by atoms with Gasteiger partial charge in [0, 0.05) is 64.9 Å². The number of nitrogens with one attached hydrogen (secondary N) is 2. The number of nitrogens with zero attached hydrogens (tertiary/aromatic N) is 5. The van der Waals surface area contributed by atoms with Crippen LogP contribution < -0.4 is 15.5 Å². The molecular formula is C19H25N7O. The highest BCUT2D eigenvalue weighted by Crippen LogP contribution is 2.12. The zero-order valence-electron chi connectivity index (χ0n) is 15.5. The van der Waals surface area contributed by atoms with E-state index in [4.69, 9.17) is 0 Å². The fourth-order valence-electron chi connectivity index (χ4n) is 2.97. The zero-order chi connectivity index (χ0) is 18.9. The van der Waals surface area contributed by atoms with Crippen LogP contribution in [-0.2, 0) is 0 Å². The second-order valence-corrected chi connectivity index (χ2v) is 6.13. The average molecular weight is 367 g/mol. The van der Waals surface area contributed by atoms with Crippen molar-refractivity contribution < 1.29 is 4.79 Å². The Morgan fingerprint density at radius 1 is 1.07 bits per heavy atom. The van der Waals surface area contributed by atoms with Crippen LogP contribution in [0.2, 0.25) is 0 Å². The summed E-state index contributed by atoms with van der Waals surface area (Å²) in [5.41, 5.74) is 0.563. The Hall–Kier alpha value is -3.16. The van der Waals surface area contributed by atoms with Crippen LogP contribution in [0, 0.1) is 0 Å². The summed E-state index contributed by atoms with van der Waals surface area (Å²) < 4.78 is 0. The second-order valence-electron chi connectivity index (χ2n) is 6.13. The van der Waals surface area contributed by atoms with Gasteiger partial charge in [-0.1, -0.05) is 6.07 Å². The van der Waals surface area contributed by atoms with Crippen molar-refractivity contribution in [3.05, 3.63) is 54.5 Å². The number of aliphatic imine (C=N–C) groups is 1. The van der Waals surface area contributed by atoms with Gasteiger partial charge in [-0.15, -0.1) is 0 Å². The topological polar surface area (TPSA) is 85.7 Å². The third-order valence-electron chi connectivity index (χ3n) is 4.38. The van der Waals surface area contributed by atoms with Gasteiger partial charge in [0.1, 0.15) is 5.82 Å². The Morgan fingerprint density at radius 3 is 2.56 bits per heavy atom. The quantitative estimate of drug-likeness (QED) is 0.457. The van der Waals surface area contributed by atoms with Crippen LogP contribution in [0.25, 0.3) is 0 Å². The number of anilines is 1. The minimum Gasteiger partial charge on any atom is -0.354 e. The molecule has 0 spiro atoms. The highest BCUT2D eigenvalue weighted by atomic mass is 16.1. The fourth-order valence-corrected chi connectivity index (χ4v) is 2.97. The van der Waals surface area contributed by atoms with Gasteiger partial charge in [-0.05, 0) is 24.3 Å². The maximum atomic E-state index is 12.0. The molecule has 3 rings (SSSR count). The van der Waals surface area contributed by atoms with Gasteiger partial charge in [0.15, 0.2) is 5.96 Å². The van der Waals surface area contributed by atoms with Crippen LogP contribution in [0.15, 0.2) is 53.9 Å². The van der Waals surface area contributed by atoms with Crippen LogP contribution in [-0.4, -0.2) is 73.1 Å². The average Bonchev–Trinajstić information content (AvgIpc) is 2.75. The number of carbonyl (C=O) groups excluding carboxylic acids is 1. The molecule has 0 unspecified atom stereocenters. The number of hydrogen-bond donors (Lipinski definition) is 2. The Kier molecular flexibility index (Phi) is 6.56. The molecule has 2 aromatic rings. The van der Waals surface area contributed by atoms with Crippen LogP contribution in [0.3, 0.4) is 0 Å². The summed E-state index contributed by atoms with van der Waals surface area (Å²) in [6.07, 6.45) is 5.03. The molecule has 3 heterocycles. The van der Waals surface area contributed by atoms with Crippen molar-refractivity contribution in [1.29, 1.82) is 0 Å². The molecule has 0 bridgehead atoms. The Bertz CT molecular complexity index is 743. The molecule has 142 valence electrons. The number of rotatable bonds is 5. The van der Waals surface area contributed by atoms with E-state index >= 15 is 0 Å². The monoisotopic (exact) mass is 367 g/mol. The molecule has 0 aromatic carbocycles. The van der Waals surface area contributed by atoms with Crippen molar-refractivity contribution in [3.63, 3.8) is 0 Å². The first kappa shape index (κ1) is 18.6. The molecule has 1 saturated heterocycles. The molecule has 27 heavy (non-hydrogen) atoms. The van der Waals surface area contributed by atoms with Crippen LogP contribution in [0.4, 0.5) is 5.82 Å². The minimum atomic E-state index is -0.121. The molecule has 8 heteroatoms. The van der Waals surface area contributed by atoms with Gasteiger partial charge in [0.25, 0.3) is 5.91 Å². The van der Waals surface area contributed by atoms with Crippen molar-refractivity contribution in [2.24, 2.45) is 4.99 Å². The van der Waals surface area contributed by atoms with E-state index in [1.165, 1.54) is 0 Å². The normalized spacial score (nSPS) is 14.8. The number of amides is 1.